The Bertz CT molecular complexity index is 1160. The third kappa shape index (κ3) is 4.71. The number of aromatic nitrogens is 3. The number of nitrogens with one attached hydrogen (secondary N) is 2. The van der Waals surface area contributed by atoms with Gasteiger partial charge in [0.05, 0.1) is 12.2 Å². The molecule has 3 aromatic rings. The van der Waals surface area contributed by atoms with E-state index in [2.05, 4.69) is 27.6 Å². The van der Waals surface area contributed by atoms with E-state index in [0.29, 0.717) is 29.4 Å². The molecule has 2 amide bonds. The molecule has 0 radical (unpaired) electrons. The number of amides is 2. The Morgan fingerprint density at radius 3 is 2.97 bits per heavy atom. The van der Waals surface area contributed by atoms with Crippen LogP contribution in [0.4, 0.5) is 20.7 Å². The van der Waals surface area contributed by atoms with Crippen molar-refractivity contribution in [2.45, 2.75) is 31.8 Å². The molecule has 8 nitrogen and oxygen atoms in total. The van der Waals surface area contributed by atoms with Gasteiger partial charge < -0.3 is 20.4 Å². The van der Waals surface area contributed by atoms with Gasteiger partial charge in [0.1, 0.15) is 17.3 Å². The molecule has 2 atom stereocenters. The van der Waals surface area contributed by atoms with Gasteiger partial charge in [-0.05, 0) is 49.6 Å². The number of urea groups is 1. The van der Waals surface area contributed by atoms with Crippen LogP contribution in [0, 0.1) is 5.82 Å². The first kappa shape index (κ1) is 23.5. The molecule has 0 bridgehead atoms. The number of piperazine rings is 1. The van der Waals surface area contributed by atoms with Crippen molar-refractivity contribution in [3.05, 3.63) is 53.1 Å². The zero-order valence-corrected chi connectivity index (χ0v) is 19.7. The molecule has 5 rings (SSSR count). The van der Waals surface area contributed by atoms with Crippen molar-refractivity contribution >= 4 is 47.2 Å². The standard InChI is InChI=1S/C22H25ClFN7O.ClH/c1-14-13-29(10-7-25-14)22(32)27-18-12-26-31-9-6-20(28-21(18)31)30-8-2-3-19(30)16-11-15(24)4-5-17(16)23;/h4-6,9,11-12,14,19,25H,2-3,7-8,10,13H2,1H3,(H,27,32);1H/t14?,19-;/m1./s1. The van der Waals surface area contributed by atoms with Gasteiger partial charge in [-0.25, -0.2) is 18.7 Å². The van der Waals surface area contributed by atoms with Crippen LogP contribution in [-0.4, -0.2) is 57.7 Å². The Kier molecular flexibility index (Phi) is 6.92. The summed E-state index contributed by atoms with van der Waals surface area (Å²) in [6, 6.07) is 6.39. The first-order valence-electron chi connectivity index (χ1n) is 10.8. The predicted molar refractivity (Wildman–Crippen MR) is 129 cm³/mol. The summed E-state index contributed by atoms with van der Waals surface area (Å²) < 4.78 is 15.5. The highest BCUT2D eigenvalue weighted by Crippen LogP contribution is 2.38. The monoisotopic (exact) mass is 493 g/mol. The molecule has 176 valence electrons. The van der Waals surface area contributed by atoms with Crippen molar-refractivity contribution in [3.63, 3.8) is 0 Å². The average molecular weight is 494 g/mol. The molecule has 0 spiro atoms. The summed E-state index contributed by atoms with van der Waals surface area (Å²) in [4.78, 5) is 21.5. The highest BCUT2D eigenvalue weighted by molar-refractivity contribution is 6.31. The fourth-order valence-corrected chi connectivity index (χ4v) is 4.80. The number of hydrogen-bond acceptors (Lipinski definition) is 5. The van der Waals surface area contributed by atoms with E-state index in [1.807, 2.05) is 12.3 Å². The third-order valence-electron chi connectivity index (χ3n) is 6.12. The maximum atomic E-state index is 13.9. The van der Waals surface area contributed by atoms with Gasteiger partial charge in [0.25, 0.3) is 0 Å². The van der Waals surface area contributed by atoms with Crippen LogP contribution in [0.25, 0.3) is 5.65 Å². The Morgan fingerprint density at radius 2 is 2.15 bits per heavy atom. The number of hydrogen-bond donors (Lipinski definition) is 2. The number of rotatable bonds is 3. The second-order valence-electron chi connectivity index (χ2n) is 8.36. The number of carbonyl (C=O) groups excluding carboxylic acids is 1. The van der Waals surface area contributed by atoms with Crippen LogP contribution in [0.15, 0.2) is 36.7 Å². The molecule has 33 heavy (non-hydrogen) atoms. The molecular weight excluding hydrogens is 468 g/mol. The van der Waals surface area contributed by atoms with Gasteiger partial charge in [0, 0.05) is 43.4 Å². The molecule has 2 aliphatic heterocycles. The molecular formula is C22H26Cl2FN7O. The summed E-state index contributed by atoms with van der Waals surface area (Å²) >= 11 is 6.39. The van der Waals surface area contributed by atoms with Crippen LogP contribution < -0.4 is 15.5 Å². The SMILES string of the molecule is CC1CN(C(=O)Nc2cnn3ccc(N4CCC[C@@H]4c4cc(F)ccc4Cl)nc23)CCN1.Cl. The van der Waals surface area contributed by atoms with E-state index in [1.54, 1.807) is 21.7 Å². The second kappa shape index (κ2) is 9.70. The van der Waals surface area contributed by atoms with E-state index >= 15 is 0 Å². The first-order chi connectivity index (χ1) is 15.5. The van der Waals surface area contributed by atoms with Crippen LogP contribution in [0.2, 0.25) is 5.02 Å². The number of benzene rings is 1. The van der Waals surface area contributed by atoms with Gasteiger partial charge >= 0.3 is 6.03 Å². The summed E-state index contributed by atoms with van der Waals surface area (Å²) in [5.41, 5.74) is 1.89. The lowest BCUT2D eigenvalue weighted by molar-refractivity contribution is 0.192. The molecule has 11 heteroatoms. The lowest BCUT2D eigenvalue weighted by Gasteiger charge is -2.31. The van der Waals surface area contributed by atoms with Crippen LogP contribution in [0.5, 0.6) is 0 Å². The molecule has 2 N–H and O–H groups in total. The smallest absolute Gasteiger partial charge is 0.322 e. The second-order valence-corrected chi connectivity index (χ2v) is 8.77. The van der Waals surface area contributed by atoms with Crippen molar-refractivity contribution in [2.75, 3.05) is 36.4 Å². The van der Waals surface area contributed by atoms with Crippen molar-refractivity contribution in [3.8, 4) is 0 Å². The summed E-state index contributed by atoms with van der Waals surface area (Å²) in [6.45, 7) is 4.91. The van der Waals surface area contributed by atoms with E-state index in [9.17, 15) is 9.18 Å². The number of nitrogens with zero attached hydrogens (tertiary/aromatic N) is 5. The van der Waals surface area contributed by atoms with Crippen molar-refractivity contribution in [1.82, 2.24) is 24.8 Å². The van der Waals surface area contributed by atoms with E-state index in [0.717, 1.165) is 37.3 Å². The molecule has 2 saturated heterocycles. The number of halogens is 3. The van der Waals surface area contributed by atoms with Crippen LogP contribution in [-0.2, 0) is 0 Å². The van der Waals surface area contributed by atoms with Gasteiger partial charge in [-0.2, -0.15) is 5.10 Å². The van der Waals surface area contributed by atoms with Gasteiger partial charge in [0.2, 0.25) is 0 Å². The molecule has 0 aliphatic carbocycles. The molecule has 4 heterocycles. The highest BCUT2D eigenvalue weighted by Gasteiger charge is 2.30. The van der Waals surface area contributed by atoms with E-state index in [4.69, 9.17) is 16.6 Å². The number of fused-ring (bicyclic) bond motifs is 1. The van der Waals surface area contributed by atoms with Crippen molar-refractivity contribution in [1.29, 1.82) is 0 Å². The maximum absolute atomic E-state index is 13.9. The Balaban J connectivity index is 0.00000259. The molecule has 1 aromatic carbocycles. The van der Waals surface area contributed by atoms with E-state index in [1.165, 1.54) is 12.1 Å². The summed E-state index contributed by atoms with van der Waals surface area (Å²) in [6.07, 6.45) is 5.25. The zero-order valence-electron chi connectivity index (χ0n) is 18.2. The highest BCUT2D eigenvalue weighted by atomic mass is 35.5. The molecule has 2 fully saturated rings. The number of anilines is 2. The van der Waals surface area contributed by atoms with E-state index < -0.39 is 0 Å². The predicted octanol–water partition coefficient (Wildman–Crippen LogP) is 4.11. The number of carbonyl (C=O) groups is 1. The molecule has 1 unspecified atom stereocenters. The van der Waals surface area contributed by atoms with Crippen molar-refractivity contribution in [2.24, 2.45) is 0 Å². The Labute approximate surface area is 202 Å². The summed E-state index contributed by atoms with van der Waals surface area (Å²) in [5.74, 6) is 0.440. The Morgan fingerprint density at radius 1 is 1.30 bits per heavy atom. The summed E-state index contributed by atoms with van der Waals surface area (Å²) in [5, 5.41) is 11.2. The summed E-state index contributed by atoms with van der Waals surface area (Å²) in [7, 11) is 0. The van der Waals surface area contributed by atoms with Crippen molar-refractivity contribution < 1.29 is 9.18 Å². The minimum absolute atomic E-state index is 0. The lowest BCUT2D eigenvalue weighted by Crippen LogP contribution is -2.52. The van der Waals surface area contributed by atoms with Crippen LogP contribution in [0.3, 0.4) is 0 Å². The van der Waals surface area contributed by atoms with Gasteiger partial charge in [-0.3, -0.25) is 0 Å². The topological polar surface area (TPSA) is 77.8 Å². The quantitative estimate of drug-likeness (QED) is 0.573. The normalized spacial score (nSPS) is 20.7. The zero-order chi connectivity index (χ0) is 22.2. The minimum Gasteiger partial charge on any atom is -0.349 e. The molecule has 2 aliphatic rings. The lowest BCUT2D eigenvalue weighted by atomic mass is 10.0. The third-order valence-corrected chi connectivity index (χ3v) is 6.46. The largest absolute Gasteiger partial charge is 0.349 e. The van der Waals surface area contributed by atoms with Crippen LogP contribution in [0.1, 0.15) is 31.4 Å². The fraction of sp³-hybridized carbons (Fsp3) is 0.409. The maximum Gasteiger partial charge on any atom is 0.322 e. The fourth-order valence-electron chi connectivity index (χ4n) is 4.55. The van der Waals surface area contributed by atoms with Gasteiger partial charge in [0.15, 0.2) is 5.65 Å². The average Bonchev–Trinajstić information content (AvgIpc) is 3.42. The van der Waals surface area contributed by atoms with Gasteiger partial charge in [-0.15, -0.1) is 12.4 Å². The first-order valence-corrected chi connectivity index (χ1v) is 11.2. The molecule has 0 saturated carbocycles. The van der Waals surface area contributed by atoms with Crippen LogP contribution >= 0.6 is 24.0 Å². The Hall–Kier alpha value is -2.62. The molecule has 2 aromatic heterocycles. The van der Waals surface area contributed by atoms with Gasteiger partial charge in [-0.1, -0.05) is 11.6 Å². The minimum atomic E-state index is -0.303. The van der Waals surface area contributed by atoms with E-state index in [-0.39, 0.29) is 36.3 Å².